The second-order valence-electron chi connectivity index (χ2n) is 1.83. The van der Waals surface area contributed by atoms with Crippen molar-refractivity contribution < 1.29 is 9.59 Å². The summed E-state index contributed by atoms with van der Waals surface area (Å²) in [6, 6.07) is 0. The van der Waals surface area contributed by atoms with Gasteiger partial charge in [0.2, 0.25) is 0 Å². The van der Waals surface area contributed by atoms with Crippen LogP contribution in [0.5, 0.6) is 0 Å². The van der Waals surface area contributed by atoms with Crippen molar-refractivity contribution in [3.63, 3.8) is 0 Å². The van der Waals surface area contributed by atoms with Crippen LogP contribution in [0.2, 0.25) is 0 Å². The maximum Gasteiger partial charge on any atom is 0.150 e. The molecule has 0 fully saturated rings. The smallest absolute Gasteiger partial charge is 0.150 e. The molecule has 0 saturated heterocycles. The van der Waals surface area contributed by atoms with E-state index >= 15 is 0 Å². The Morgan fingerprint density at radius 2 is 1.92 bits per heavy atom. The third-order valence-corrected chi connectivity index (χ3v) is 1.13. The Morgan fingerprint density at radius 3 is 2.42 bits per heavy atom. The molecule has 1 heterocycles. The summed E-state index contributed by atoms with van der Waals surface area (Å²) in [4.78, 5) is 20.0. The predicted octanol–water partition coefficient (Wildman–Crippen LogP) is 0.810. The zero-order valence-corrected chi connectivity index (χ0v) is 7.63. The summed E-state index contributed by atoms with van der Waals surface area (Å²) in [7, 11) is 0. The van der Waals surface area contributed by atoms with Crippen molar-refractivity contribution >= 4 is 36.7 Å². The Hall–Kier alpha value is -0.980. The van der Waals surface area contributed by atoms with E-state index in [2.05, 4.69) is 5.32 Å². The van der Waals surface area contributed by atoms with Gasteiger partial charge in [-0.3, -0.25) is 0 Å². The first-order valence-corrected chi connectivity index (χ1v) is 2.79. The minimum atomic E-state index is 0. The van der Waals surface area contributed by atoms with Crippen molar-refractivity contribution in [3.8, 4) is 0 Å². The summed E-state index contributed by atoms with van der Waals surface area (Å²) in [6.45, 7) is 0. The fraction of sp³-hybridized carbons (Fsp3) is 0.143. The summed E-state index contributed by atoms with van der Waals surface area (Å²) >= 11 is 0. The number of hydrogen-bond donors (Lipinski definition) is 1. The molecule has 0 bridgehead atoms. The Labute approximate surface area is 82.0 Å². The van der Waals surface area contributed by atoms with Gasteiger partial charge in [0.25, 0.3) is 0 Å². The van der Waals surface area contributed by atoms with Crippen LogP contribution in [0.1, 0.15) is 6.42 Å². The standard InChI is InChI=1S/C7H5NO2.2ClH/c9-4-6-2-1-3-7(5-10)8-6;;/h1-2,8H,3H2;2*1H. The van der Waals surface area contributed by atoms with Gasteiger partial charge >= 0.3 is 0 Å². The van der Waals surface area contributed by atoms with Crippen molar-refractivity contribution in [2.24, 2.45) is 0 Å². The summed E-state index contributed by atoms with van der Waals surface area (Å²) in [6.07, 6.45) is 3.79. The maximum absolute atomic E-state index is 10.0. The van der Waals surface area contributed by atoms with Gasteiger partial charge in [-0.05, 0) is 6.08 Å². The summed E-state index contributed by atoms with van der Waals surface area (Å²) in [5.74, 6) is 3.31. The molecule has 1 N–H and O–H groups in total. The van der Waals surface area contributed by atoms with E-state index in [4.69, 9.17) is 0 Å². The average molecular weight is 208 g/mol. The van der Waals surface area contributed by atoms with Gasteiger partial charge in [-0.1, -0.05) is 6.08 Å². The van der Waals surface area contributed by atoms with Gasteiger partial charge in [0.05, 0.1) is 0 Å². The molecule has 0 aromatic rings. The second-order valence-corrected chi connectivity index (χ2v) is 1.83. The molecule has 0 saturated carbocycles. The first kappa shape index (κ1) is 13.6. The lowest BCUT2D eigenvalue weighted by Crippen LogP contribution is -2.15. The Kier molecular flexibility index (Phi) is 7.61. The van der Waals surface area contributed by atoms with E-state index in [1.807, 2.05) is 0 Å². The normalized spacial score (nSPS) is 13.0. The van der Waals surface area contributed by atoms with Gasteiger partial charge in [0, 0.05) is 6.42 Å². The molecule has 0 atom stereocenters. The maximum atomic E-state index is 10.0. The van der Waals surface area contributed by atoms with Crippen LogP contribution in [0.15, 0.2) is 23.5 Å². The SMILES string of the molecule is Cl.Cl.O=C=C1C=CCC(=C=O)N1. The summed E-state index contributed by atoms with van der Waals surface area (Å²) in [5.41, 5.74) is 0.658. The molecule has 0 radical (unpaired) electrons. The Bertz CT molecular complexity index is 273. The van der Waals surface area contributed by atoms with Gasteiger partial charge in [0.1, 0.15) is 17.3 Å². The van der Waals surface area contributed by atoms with Crippen LogP contribution in [-0.2, 0) is 9.59 Å². The lowest BCUT2D eigenvalue weighted by atomic mass is 10.2. The van der Waals surface area contributed by atoms with E-state index in [9.17, 15) is 9.59 Å². The number of rotatable bonds is 0. The van der Waals surface area contributed by atoms with Crippen LogP contribution in [0.4, 0.5) is 0 Å². The molecule has 0 aromatic carbocycles. The second kappa shape index (κ2) is 6.71. The number of nitrogens with one attached hydrogen (secondary N) is 1. The van der Waals surface area contributed by atoms with E-state index in [-0.39, 0.29) is 30.5 Å². The van der Waals surface area contributed by atoms with Crippen LogP contribution in [0.3, 0.4) is 0 Å². The van der Waals surface area contributed by atoms with Crippen LogP contribution >= 0.6 is 24.8 Å². The van der Waals surface area contributed by atoms with Crippen molar-refractivity contribution in [1.29, 1.82) is 0 Å². The summed E-state index contributed by atoms with van der Waals surface area (Å²) in [5, 5.41) is 2.55. The van der Waals surface area contributed by atoms with Crippen LogP contribution in [-0.4, -0.2) is 11.9 Å². The number of hydrogen-bond acceptors (Lipinski definition) is 3. The highest BCUT2D eigenvalue weighted by atomic mass is 35.5. The number of halogens is 2. The quantitative estimate of drug-likeness (QED) is 0.599. The molecule has 0 unspecified atom stereocenters. The van der Waals surface area contributed by atoms with Gasteiger partial charge in [-0.15, -0.1) is 24.8 Å². The number of allylic oxidation sites excluding steroid dienone is 2. The minimum Gasteiger partial charge on any atom is -0.340 e. The minimum absolute atomic E-state index is 0. The lowest BCUT2D eigenvalue weighted by molar-refractivity contribution is 0.562. The molecule has 1 rings (SSSR count). The van der Waals surface area contributed by atoms with Crippen molar-refractivity contribution in [2.45, 2.75) is 6.42 Å². The van der Waals surface area contributed by atoms with Crippen LogP contribution < -0.4 is 5.32 Å². The molecule has 1 aliphatic rings. The molecule has 12 heavy (non-hydrogen) atoms. The third-order valence-electron chi connectivity index (χ3n) is 1.13. The molecule has 0 aliphatic carbocycles. The highest BCUT2D eigenvalue weighted by Crippen LogP contribution is 2.04. The molecule has 1 aliphatic heterocycles. The molecule has 3 nitrogen and oxygen atoms in total. The predicted molar refractivity (Wildman–Crippen MR) is 49.8 cm³/mol. The zero-order valence-electron chi connectivity index (χ0n) is 5.99. The van der Waals surface area contributed by atoms with Crippen molar-refractivity contribution in [3.05, 3.63) is 23.5 Å². The lowest BCUT2D eigenvalue weighted by Gasteiger charge is -2.06. The molecule has 66 valence electrons. The fourth-order valence-corrected chi connectivity index (χ4v) is 0.677. The van der Waals surface area contributed by atoms with Crippen molar-refractivity contribution in [1.82, 2.24) is 5.32 Å². The Balaban J connectivity index is 0. The highest BCUT2D eigenvalue weighted by molar-refractivity contribution is 5.85. The van der Waals surface area contributed by atoms with Gasteiger partial charge < -0.3 is 5.32 Å². The largest absolute Gasteiger partial charge is 0.340 e. The molecule has 0 spiro atoms. The fourth-order valence-electron chi connectivity index (χ4n) is 0.677. The van der Waals surface area contributed by atoms with Gasteiger partial charge in [-0.25, -0.2) is 9.59 Å². The molecule has 0 amide bonds. The molecular formula is C7H7Cl2NO2. The first-order valence-electron chi connectivity index (χ1n) is 2.79. The average Bonchev–Trinajstić information content (AvgIpc) is 2.05. The van der Waals surface area contributed by atoms with Crippen LogP contribution in [0, 0.1) is 0 Å². The monoisotopic (exact) mass is 207 g/mol. The van der Waals surface area contributed by atoms with Crippen molar-refractivity contribution in [2.75, 3.05) is 0 Å². The Morgan fingerprint density at radius 1 is 1.25 bits per heavy atom. The topological polar surface area (TPSA) is 46.2 Å². The third kappa shape index (κ3) is 3.42. The zero-order chi connectivity index (χ0) is 7.40. The van der Waals surface area contributed by atoms with E-state index in [0.29, 0.717) is 12.1 Å². The van der Waals surface area contributed by atoms with E-state index in [0.717, 1.165) is 0 Å². The van der Waals surface area contributed by atoms with E-state index in [1.54, 1.807) is 24.0 Å². The molecule has 5 heteroatoms. The van der Waals surface area contributed by atoms with Crippen LogP contribution in [0.25, 0.3) is 0 Å². The van der Waals surface area contributed by atoms with E-state index < -0.39 is 0 Å². The van der Waals surface area contributed by atoms with E-state index in [1.165, 1.54) is 0 Å². The van der Waals surface area contributed by atoms with Gasteiger partial charge in [-0.2, -0.15) is 0 Å². The first-order chi connectivity index (χ1) is 4.86. The summed E-state index contributed by atoms with van der Waals surface area (Å²) < 4.78 is 0. The molecule has 0 aromatic heterocycles. The highest BCUT2D eigenvalue weighted by Gasteiger charge is 2.03. The van der Waals surface area contributed by atoms with Gasteiger partial charge in [0.15, 0.2) is 5.94 Å². The molecular weight excluding hydrogens is 201 g/mol. The number of carbonyl (C=O) groups excluding carboxylic acids is 2.